The summed E-state index contributed by atoms with van der Waals surface area (Å²) >= 11 is 11.7. The summed E-state index contributed by atoms with van der Waals surface area (Å²) in [4.78, 5) is 0. The van der Waals surface area contributed by atoms with Crippen LogP contribution in [0.25, 0.3) is 0 Å². The number of hydrogen-bond acceptors (Lipinski definition) is 2. The molecule has 2 atom stereocenters. The average Bonchev–Trinajstić information content (AvgIpc) is 2.45. The number of hydrogen-bond donors (Lipinski definition) is 2. The van der Waals surface area contributed by atoms with E-state index in [0.717, 1.165) is 0 Å². The zero-order chi connectivity index (χ0) is 15.6. The summed E-state index contributed by atoms with van der Waals surface area (Å²) in [6.45, 7) is -0.103. The number of aliphatic hydroxyl groups excluding tert-OH is 1. The van der Waals surface area contributed by atoms with Crippen LogP contribution in [0.5, 0.6) is 0 Å². The van der Waals surface area contributed by atoms with E-state index in [9.17, 15) is 13.9 Å². The van der Waals surface area contributed by atoms with E-state index >= 15 is 0 Å². The molecule has 0 aromatic heterocycles. The molecule has 0 aliphatic rings. The fourth-order valence-electron chi connectivity index (χ4n) is 2.24. The van der Waals surface area contributed by atoms with Crippen LogP contribution in [0.2, 0.25) is 10.0 Å². The minimum atomic E-state index is -1.36. The van der Waals surface area contributed by atoms with Crippen LogP contribution < -0.4 is 5.73 Å². The molecule has 112 valence electrons. The second-order valence-corrected chi connectivity index (χ2v) is 5.38. The molecule has 0 fully saturated rings. The minimum Gasteiger partial charge on any atom is -0.388 e. The molecule has 2 aromatic carbocycles. The third kappa shape index (κ3) is 3.19. The quantitative estimate of drug-likeness (QED) is 0.887. The molecule has 0 spiro atoms. The molecule has 0 aliphatic heterocycles. The first-order chi connectivity index (χ1) is 9.97. The van der Waals surface area contributed by atoms with E-state index in [1.807, 2.05) is 0 Å². The van der Waals surface area contributed by atoms with Crippen molar-refractivity contribution in [1.82, 2.24) is 0 Å². The maximum atomic E-state index is 14.0. The lowest BCUT2D eigenvalue weighted by molar-refractivity contribution is 0.141. The number of aliphatic hydroxyl groups is 1. The van der Waals surface area contributed by atoms with Gasteiger partial charge in [0.1, 0.15) is 11.6 Å². The summed E-state index contributed by atoms with van der Waals surface area (Å²) in [7, 11) is 0. The molecule has 0 radical (unpaired) electrons. The molecule has 2 nitrogen and oxygen atoms in total. The highest BCUT2D eigenvalue weighted by Gasteiger charge is 2.28. The molecular weight excluding hydrogens is 319 g/mol. The number of halogens is 4. The van der Waals surface area contributed by atoms with Gasteiger partial charge in [-0.15, -0.1) is 0 Å². The first-order valence-electron chi connectivity index (χ1n) is 6.23. The maximum Gasteiger partial charge on any atom is 0.147 e. The Labute approximate surface area is 131 Å². The molecule has 0 heterocycles. The van der Waals surface area contributed by atoms with E-state index in [4.69, 9.17) is 28.9 Å². The van der Waals surface area contributed by atoms with Crippen LogP contribution in [0.1, 0.15) is 23.1 Å². The highest BCUT2D eigenvalue weighted by atomic mass is 35.5. The lowest BCUT2D eigenvalue weighted by Crippen LogP contribution is -2.22. The molecule has 21 heavy (non-hydrogen) atoms. The predicted molar refractivity (Wildman–Crippen MR) is 79.6 cm³/mol. The van der Waals surface area contributed by atoms with Crippen LogP contribution in [0, 0.1) is 11.6 Å². The third-order valence-corrected chi connectivity index (χ3v) is 3.93. The van der Waals surface area contributed by atoms with Crippen LogP contribution in [0.3, 0.4) is 0 Å². The van der Waals surface area contributed by atoms with E-state index < -0.39 is 23.7 Å². The van der Waals surface area contributed by atoms with E-state index in [-0.39, 0.29) is 27.7 Å². The Kier molecular flexibility index (Phi) is 5.17. The Bertz CT molecular complexity index is 631. The Balaban J connectivity index is 2.48. The van der Waals surface area contributed by atoms with Crippen molar-refractivity contribution in [1.29, 1.82) is 0 Å². The lowest BCUT2D eigenvalue weighted by atomic mass is 9.88. The van der Waals surface area contributed by atoms with Crippen molar-refractivity contribution in [3.05, 3.63) is 69.2 Å². The van der Waals surface area contributed by atoms with Crippen molar-refractivity contribution in [3.8, 4) is 0 Å². The van der Waals surface area contributed by atoms with Gasteiger partial charge in [-0.1, -0.05) is 41.4 Å². The van der Waals surface area contributed by atoms with E-state index in [0.29, 0.717) is 0 Å². The van der Waals surface area contributed by atoms with Gasteiger partial charge in [0, 0.05) is 28.6 Å². The first kappa shape index (κ1) is 16.2. The van der Waals surface area contributed by atoms with Crippen LogP contribution in [-0.2, 0) is 0 Å². The first-order valence-corrected chi connectivity index (χ1v) is 6.99. The fourth-order valence-corrected chi connectivity index (χ4v) is 2.72. The van der Waals surface area contributed by atoms with Crippen molar-refractivity contribution < 1.29 is 13.9 Å². The van der Waals surface area contributed by atoms with E-state index in [1.54, 1.807) is 0 Å². The summed E-state index contributed by atoms with van der Waals surface area (Å²) in [5.41, 5.74) is 5.65. The summed E-state index contributed by atoms with van der Waals surface area (Å²) in [5, 5.41) is 10.4. The van der Waals surface area contributed by atoms with Crippen molar-refractivity contribution in [2.24, 2.45) is 5.73 Å². The summed E-state index contributed by atoms with van der Waals surface area (Å²) in [5.74, 6) is -2.23. The fraction of sp³-hybridized carbons (Fsp3) is 0.200. The number of nitrogens with two attached hydrogens (primary N) is 1. The normalized spacial score (nSPS) is 14.0. The highest BCUT2D eigenvalue weighted by molar-refractivity contribution is 6.31. The van der Waals surface area contributed by atoms with Gasteiger partial charge in [0.25, 0.3) is 0 Å². The van der Waals surface area contributed by atoms with Crippen molar-refractivity contribution in [3.63, 3.8) is 0 Å². The Morgan fingerprint density at radius 2 is 1.67 bits per heavy atom. The molecule has 0 bridgehead atoms. The summed E-state index contributed by atoms with van der Waals surface area (Å²) in [6.07, 6.45) is -1.36. The van der Waals surface area contributed by atoms with Gasteiger partial charge in [-0.25, -0.2) is 8.78 Å². The maximum absolute atomic E-state index is 14.0. The summed E-state index contributed by atoms with van der Waals surface area (Å²) in [6, 6.07) is 8.39. The minimum absolute atomic E-state index is 0.0442. The van der Waals surface area contributed by atoms with Crippen LogP contribution >= 0.6 is 23.2 Å². The average molecular weight is 332 g/mol. The van der Waals surface area contributed by atoms with Gasteiger partial charge < -0.3 is 10.8 Å². The van der Waals surface area contributed by atoms with Gasteiger partial charge in [0.2, 0.25) is 0 Å². The molecule has 2 rings (SSSR count). The molecule has 0 saturated carbocycles. The predicted octanol–water partition coefficient (Wildman–Crippen LogP) is 4.05. The van der Waals surface area contributed by atoms with Gasteiger partial charge in [0.05, 0.1) is 11.1 Å². The second kappa shape index (κ2) is 6.71. The molecule has 2 aromatic rings. The monoisotopic (exact) mass is 331 g/mol. The van der Waals surface area contributed by atoms with Gasteiger partial charge in [-0.05, 0) is 18.2 Å². The SMILES string of the molecule is NCC(c1c(F)cccc1Cl)C(O)c1cccc(Cl)c1F. The van der Waals surface area contributed by atoms with Crippen LogP contribution in [0.4, 0.5) is 8.78 Å². The zero-order valence-electron chi connectivity index (χ0n) is 10.9. The zero-order valence-corrected chi connectivity index (χ0v) is 12.4. The molecule has 0 saturated heterocycles. The van der Waals surface area contributed by atoms with Crippen LogP contribution in [0.15, 0.2) is 36.4 Å². The van der Waals surface area contributed by atoms with Gasteiger partial charge in [-0.3, -0.25) is 0 Å². The molecular formula is C15H13Cl2F2NO. The Morgan fingerprint density at radius 1 is 1.05 bits per heavy atom. The molecule has 2 unspecified atom stereocenters. The molecule has 6 heteroatoms. The van der Waals surface area contributed by atoms with Crippen molar-refractivity contribution >= 4 is 23.2 Å². The number of benzene rings is 2. The van der Waals surface area contributed by atoms with Crippen molar-refractivity contribution in [2.75, 3.05) is 6.54 Å². The van der Waals surface area contributed by atoms with Gasteiger partial charge >= 0.3 is 0 Å². The van der Waals surface area contributed by atoms with Gasteiger partial charge in [-0.2, -0.15) is 0 Å². The molecule has 3 N–H and O–H groups in total. The van der Waals surface area contributed by atoms with Crippen molar-refractivity contribution in [2.45, 2.75) is 12.0 Å². The van der Waals surface area contributed by atoms with E-state index in [1.165, 1.54) is 36.4 Å². The number of rotatable bonds is 4. The second-order valence-electron chi connectivity index (χ2n) is 4.57. The van der Waals surface area contributed by atoms with Crippen LogP contribution in [-0.4, -0.2) is 11.7 Å². The largest absolute Gasteiger partial charge is 0.388 e. The van der Waals surface area contributed by atoms with Gasteiger partial charge in [0.15, 0.2) is 0 Å². The standard InChI is InChI=1S/C15H13Cl2F2NO/c16-10-4-2-6-12(18)13(10)9(7-20)15(21)8-3-1-5-11(17)14(8)19/h1-6,9,15,21H,7,20H2. The molecule has 0 amide bonds. The third-order valence-electron chi connectivity index (χ3n) is 3.31. The van der Waals surface area contributed by atoms with E-state index in [2.05, 4.69) is 0 Å². The molecule has 0 aliphatic carbocycles. The highest BCUT2D eigenvalue weighted by Crippen LogP contribution is 2.37. The Morgan fingerprint density at radius 3 is 2.29 bits per heavy atom. The smallest absolute Gasteiger partial charge is 0.147 e. The lowest BCUT2D eigenvalue weighted by Gasteiger charge is -2.24. The Hall–Kier alpha value is -1.20. The topological polar surface area (TPSA) is 46.2 Å². The summed E-state index contributed by atoms with van der Waals surface area (Å²) < 4.78 is 28.0.